The molecule has 1 aliphatic heterocycles. The Hall–Kier alpha value is -2.84. The molecule has 1 N–H and O–H groups in total. The highest BCUT2D eigenvalue weighted by molar-refractivity contribution is 7.20. The van der Waals surface area contributed by atoms with Crippen LogP contribution in [0.4, 0.5) is 4.39 Å². The zero-order valence-electron chi connectivity index (χ0n) is 17.3. The van der Waals surface area contributed by atoms with Crippen molar-refractivity contribution in [3.05, 3.63) is 64.4 Å². The van der Waals surface area contributed by atoms with Crippen molar-refractivity contribution in [3.8, 4) is 0 Å². The normalized spacial score (nSPS) is 16.1. The summed E-state index contributed by atoms with van der Waals surface area (Å²) < 4.78 is 18.1. The number of thiophene rings is 1. The number of ether oxygens (including phenoxy) is 1. The molecule has 0 spiro atoms. The first kappa shape index (κ1) is 21.4. The molecule has 1 aliphatic rings. The quantitative estimate of drug-likeness (QED) is 0.571. The molecule has 2 amide bonds. The summed E-state index contributed by atoms with van der Waals surface area (Å²) in [6.07, 6.45) is 2.75. The number of halogens is 1. The Morgan fingerprint density at radius 1 is 1.29 bits per heavy atom. The van der Waals surface area contributed by atoms with Gasteiger partial charge in [-0.3, -0.25) is 9.59 Å². The number of amides is 2. The molecule has 0 bridgehead atoms. The molecule has 3 heterocycles. The fraction of sp³-hybridized carbons (Fsp3) is 0.348. The van der Waals surface area contributed by atoms with E-state index in [1.807, 2.05) is 17.0 Å². The monoisotopic (exact) mass is 441 g/mol. The van der Waals surface area contributed by atoms with Gasteiger partial charge in [-0.2, -0.15) is 0 Å². The van der Waals surface area contributed by atoms with Crippen LogP contribution in [0.1, 0.15) is 33.1 Å². The topological polar surface area (TPSA) is 71.5 Å². The molecule has 162 valence electrons. The van der Waals surface area contributed by atoms with Crippen LogP contribution in [0.25, 0.3) is 10.2 Å². The second-order valence-electron chi connectivity index (χ2n) is 7.58. The molecule has 0 unspecified atom stereocenters. The largest absolute Gasteiger partial charge is 0.383 e. The molecular weight excluding hydrogens is 417 g/mol. The number of pyridine rings is 1. The van der Waals surface area contributed by atoms with Crippen LogP contribution in [0.15, 0.2) is 42.6 Å². The number of benzene rings is 1. The van der Waals surface area contributed by atoms with Crippen molar-refractivity contribution >= 4 is 33.4 Å². The van der Waals surface area contributed by atoms with Crippen molar-refractivity contribution in [1.82, 2.24) is 15.2 Å². The summed E-state index contributed by atoms with van der Waals surface area (Å²) in [5.74, 6) is -0.367. The molecule has 0 saturated carbocycles. The summed E-state index contributed by atoms with van der Waals surface area (Å²) in [6.45, 7) is 2.06. The van der Waals surface area contributed by atoms with E-state index in [1.54, 1.807) is 25.4 Å². The van der Waals surface area contributed by atoms with Gasteiger partial charge in [0.25, 0.3) is 5.91 Å². The van der Waals surface area contributed by atoms with E-state index in [1.165, 1.54) is 23.5 Å². The standard InChI is InChI=1S/C23H24FN3O3S/c1-30-12-10-25-22(29)21-20(18-3-2-9-26-23(18)31-21)16-8-11-27(14-16)19(28)13-15-4-6-17(24)7-5-15/h2-7,9,16H,8,10-14H2,1H3,(H,25,29)/t16-/m1/s1. The van der Waals surface area contributed by atoms with E-state index in [0.717, 1.165) is 27.8 Å². The van der Waals surface area contributed by atoms with Crippen LogP contribution >= 0.6 is 11.3 Å². The molecule has 1 atom stereocenters. The van der Waals surface area contributed by atoms with E-state index in [-0.39, 0.29) is 30.0 Å². The number of rotatable bonds is 7. The number of carbonyl (C=O) groups is 2. The molecule has 4 rings (SSSR count). The van der Waals surface area contributed by atoms with E-state index >= 15 is 0 Å². The van der Waals surface area contributed by atoms with Crippen molar-refractivity contribution in [2.45, 2.75) is 18.8 Å². The van der Waals surface area contributed by atoms with Gasteiger partial charge in [-0.15, -0.1) is 11.3 Å². The van der Waals surface area contributed by atoms with Gasteiger partial charge in [0.1, 0.15) is 10.6 Å². The highest BCUT2D eigenvalue weighted by atomic mass is 32.1. The predicted molar refractivity (Wildman–Crippen MR) is 118 cm³/mol. The number of carbonyl (C=O) groups excluding carboxylic acids is 2. The molecule has 1 fully saturated rings. The van der Waals surface area contributed by atoms with Crippen LogP contribution < -0.4 is 5.32 Å². The van der Waals surface area contributed by atoms with E-state index in [0.29, 0.717) is 31.1 Å². The average Bonchev–Trinajstić information content (AvgIpc) is 3.40. The summed E-state index contributed by atoms with van der Waals surface area (Å²) in [5, 5.41) is 3.88. The second-order valence-corrected chi connectivity index (χ2v) is 8.58. The number of nitrogens with one attached hydrogen (secondary N) is 1. The number of methoxy groups -OCH3 is 1. The lowest BCUT2D eigenvalue weighted by molar-refractivity contribution is -0.129. The minimum atomic E-state index is -0.313. The molecule has 31 heavy (non-hydrogen) atoms. The first-order valence-electron chi connectivity index (χ1n) is 10.2. The second kappa shape index (κ2) is 9.53. The summed E-state index contributed by atoms with van der Waals surface area (Å²) >= 11 is 1.39. The molecular formula is C23H24FN3O3S. The molecule has 0 aliphatic carbocycles. The van der Waals surface area contributed by atoms with Gasteiger partial charge in [-0.05, 0) is 35.7 Å². The number of fused-ring (bicyclic) bond motifs is 1. The molecule has 1 saturated heterocycles. The third-order valence-corrected chi connectivity index (χ3v) is 6.65. The van der Waals surface area contributed by atoms with Crippen molar-refractivity contribution in [3.63, 3.8) is 0 Å². The lowest BCUT2D eigenvalue weighted by Crippen LogP contribution is -2.30. The number of likely N-dealkylation sites (tertiary alicyclic amines) is 1. The maximum absolute atomic E-state index is 13.1. The minimum Gasteiger partial charge on any atom is -0.383 e. The van der Waals surface area contributed by atoms with E-state index in [4.69, 9.17) is 4.74 Å². The summed E-state index contributed by atoms with van der Waals surface area (Å²) in [5.41, 5.74) is 1.76. The van der Waals surface area contributed by atoms with Gasteiger partial charge in [-0.1, -0.05) is 18.2 Å². The van der Waals surface area contributed by atoms with Crippen LogP contribution in [0, 0.1) is 5.82 Å². The van der Waals surface area contributed by atoms with Gasteiger partial charge in [0, 0.05) is 44.2 Å². The highest BCUT2D eigenvalue weighted by Gasteiger charge is 2.32. The molecule has 8 heteroatoms. The van der Waals surface area contributed by atoms with Crippen LogP contribution in [-0.4, -0.2) is 55.0 Å². The van der Waals surface area contributed by atoms with Crippen LogP contribution in [-0.2, 0) is 16.0 Å². The molecule has 6 nitrogen and oxygen atoms in total. The third kappa shape index (κ3) is 4.75. The first-order chi connectivity index (χ1) is 15.1. The zero-order valence-corrected chi connectivity index (χ0v) is 18.1. The lowest BCUT2D eigenvalue weighted by atomic mass is 9.95. The Morgan fingerprint density at radius 3 is 2.87 bits per heavy atom. The van der Waals surface area contributed by atoms with Crippen LogP contribution in [0.2, 0.25) is 0 Å². The van der Waals surface area contributed by atoms with E-state index in [9.17, 15) is 14.0 Å². The van der Waals surface area contributed by atoms with Crippen LogP contribution in [0.3, 0.4) is 0 Å². The van der Waals surface area contributed by atoms with Crippen LogP contribution in [0.5, 0.6) is 0 Å². The molecule has 3 aromatic rings. The van der Waals surface area contributed by atoms with Gasteiger partial charge in [0.15, 0.2) is 0 Å². The molecule has 0 radical (unpaired) electrons. The van der Waals surface area contributed by atoms with Crippen molar-refractivity contribution in [1.29, 1.82) is 0 Å². The Kier molecular flexibility index (Phi) is 6.58. The molecule has 2 aromatic heterocycles. The average molecular weight is 442 g/mol. The number of hydrogen-bond donors (Lipinski definition) is 1. The summed E-state index contributed by atoms with van der Waals surface area (Å²) in [7, 11) is 1.59. The van der Waals surface area contributed by atoms with Crippen molar-refractivity contribution in [2.75, 3.05) is 33.4 Å². The smallest absolute Gasteiger partial charge is 0.261 e. The van der Waals surface area contributed by atoms with Gasteiger partial charge >= 0.3 is 0 Å². The number of nitrogens with zero attached hydrogens (tertiary/aromatic N) is 2. The molecule has 1 aromatic carbocycles. The van der Waals surface area contributed by atoms with Crippen molar-refractivity contribution < 1.29 is 18.7 Å². The van der Waals surface area contributed by atoms with Gasteiger partial charge in [0.05, 0.1) is 17.9 Å². The van der Waals surface area contributed by atoms with E-state index < -0.39 is 0 Å². The van der Waals surface area contributed by atoms with Gasteiger partial charge in [0.2, 0.25) is 5.91 Å². The highest BCUT2D eigenvalue weighted by Crippen LogP contribution is 2.39. The fourth-order valence-corrected chi connectivity index (χ4v) is 5.13. The maximum atomic E-state index is 13.1. The SMILES string of the molecule is COCCNC(=O)c1sc2ncccc2c1[C@@H]1CCN(C(=O)Cc2ccc(F)cc2)C1. The fourth-order valence-electron chi connectivity index (χ4n) is 3.98. The Balaban J connectivity index is 1.53. The number of aromatic nitrogens is 1. The van der Waals surface area contributed by atoms with E-state index in [2.05, 4.69) is 10.3 Å². The predicted octanol–water partition coefficient (Wildman–Crippen LogP) is 3.37. The third-order valence-electron chi connectivity index (χ3n) is 5.52. The van der Waals surface area contributed by atoms with Crippen molar-refractivity contribution in [2.24, 2.45) is 0 Å². The Morgan fingerprint density at radius 2 is 2.10 bits per heavy atom. The Labute approximate surface area is 184 Å². The summed E-state index contributed by atoms with van der Waals surface area (Å²) in [4.78, 5) is 33.4. The number of hydrogen-bond acceptors (Lipinski definition) is 5. The zero-order chi connectivity index (χ0) is 21.8. The summed E-state index contributed by atoms with van der Waals surface area (Å²) in [6, 6.07) is 9.88. The minimum absolute atomic E-state index is 0.0119. The maximum Gasteiger partial charge on any atom is 0.261 e. The van der Waals surface area contributed by atoms with Gasteiger partial charge in [-0.25, -0.2) is 9.37 Å². The lowest BCUT2D eigenvalue weighted by Gasteiger charge is -2.17. The Bertz CT molecular complexity index is 1080. The van der Waals surface area contributed by atoms with Gasteiger partial charge < -0.3 is 15.0 Å². The first-order valence-corrected chi connectivity index (χ1v) is 11.0.